The minimum Gasteiger partial charge on any atom is -0.489 e. The summed E-state index contributed by atoms with van der Waals surface area (Å²) in [5, 5.41) is 6.98. The number of nitrogens with zero attached hydrogens (tertiary/aromatic N) is 1. The molecular weight excluding hydrogens is 388 g/mol. The number of carbonyl (C=O) groups excluding carboxylic acids is 1. The highest BCUT2D eigenvalue weighted by Gasteiger charge is 2.11. The summed E-state index contributed by atoms with van der Waals surface area (Å²) < 4.78 is 11.0. The number of rotatable bonds is 7. The Morgan fingerprint density at radius 2 is 1.65 bits per heavy atom. The van der Waals surface area contributed by atoms with E-state index >= 15 is 0 Å². The fourth-order valence-corrected chi connectivity index (χ4v) is 3.41. The van der Waals surface area contributed by atoms with Gasteiger partial charge in [-0.25, -0.2) is 0 Å². The molecule has 0 radical (unpaired) electrons. The van der Waals surface area contributed by atoms with Crippen LogP contribution in [0.1, 0.15) is 22.6 Å². The second-order valence-electron chi connectivity index (χ2n) is 7.37. The number of carbonyl (C=O) groups is 1. The van der Waals surface area contributed by atoms with Gasteiger partial charge in [0.2, 0.25) is 5.91 Å². The average molecular weight is 412 g/mol. The molecule has 0 aliphatic rings. The summed E-state index contributed by atoms with van der Waals surface area (Å²) in [5.41, 5.74) is 5.58. The Morgan fingerprint density at radius 1 is 0.935 bits per heavy atom. The first kappa shape index (κ1) is 20.4. The van der Waals surface area contributed by atoms with Crippen molar-refractivity contribution in [1.29, 1.82) is 0 Å². The number of amides is 1. The third kappa shape index (κ3) is 5.01. The summed E-state index contributed by atoms with van der Waals surface area (Å²) in [5.74, 6) is 1.44. The molecule has 0 aliphatic carbocycles. The second-order valence-corrected chi connectivity index (χ2v) is 7.37. The highest BCUT2D eigenvalue weighted by atomic mass is 16.5. The van der Waals surface area contributed by atoms with E-state index in [1.165, 1.54) is 0 Å². The van der Waals surface area contributed by atoms with E-state index in [0.29, 0.717) is 6.61 Å². The number of aryl methyl sites for hydroxylation is 2. The Hall–Kier alpha value is -3.86. The van der Waals surface area contributed by atoms with Crippen LogP contribution in [0.5, 0.6) is 5.75 Å². The molecule has 3 aromatic carbocycles. The molecular formula is C26H24N2O3. The van der Waals surface area contributed by atoms with Crippen LogP contribution >= 0.6 is 0 Å². The maximum atomic E-state index is 12.6. The van der Waals surface area contributed by atoms with Gasteiger partial charge in [0.25, 0.3) is 0 Å². The summed E-state index contributed by atoms with van der Waals surface area (Å²) in [6, 6.07) is 25.4. The summed E-state index contributed by atoms with van der Waals surface area (Å²) in [7, 11) is 0. The second kappa shape index (κ2) is 9.30. The summed E-state index contributed by atoms with van der Waals surface area (Å²) in [6.07, 6.45) is 0.285. The van der Waals surface area contributed by atoms with Gasteiger partial charge in [-0.3, -0.25) is 4.79 Å². The Kier molecular flexibility index (Phi) is 6.13. The molecule has 0 fully saturated rings. The van der Waals surface area contributed by atoms with E-state index in [4.69, 9.17) is 9.26 Å². The maximum absolute atomic E-state index is 12.6. The molecule has 0 saturated heterocycles. The molecule has 31 heavy (non-hydrogen) atoms. The van der Waals surface area contributed by atoms with Crippen LogP contribution in [0.25, 0.3) is 11.1 Å². The zero-order valence-corrected chi connectivity index (χ0v) is 17.6. The van der Waals surface area contributed by atoms with Crippen molar-refractivity contribution in [3.05, 3.63) is 101 Å². The van der Waals surface area contributed by atoms with Crippen LogP contribution in [-0.4, -0.2) is 11.1 Å². The van der Waals surface area contributed by atoms with Crippen LogP contribution in [0.4, 0.5) is 5.69 Å². The predicted octanol–water partition coefficient (Wildman–Crippen LogP) is 5.72. The van der Waals surface area contributed by atoms with Gasteiger partial charge < -0.3 is 14.6 Å². The number of hydrogen-bond acceptors (Lipinski definition) is 4. The molecule has 0 aliphatic heterocycles. The van der Waals surface area contributed by atoms with E-state index in [9.17, 15) is 4.79 Å². The van der Waals surface area contributed by atoms with Crippen molar-refractivity contribution >= 4 is 11.6 Å². The lowest BCUT2D eigenvalue weighted by molar-refractivity contribution is -0.115. The van der Waals surface area contributed by atoms with Crippen LogP contribution in [0.3, 0.4) is 0 Å². The van der Waals surface area contributed by atoms with Crippen molar-refractivity contribution in [2.75, 3.05) is 5.32 Å². The Labute approximate surface area is 181 Å². The smallest absolute Gasteiger partial charge is 0.228 e. The van der Waals surface area contributed by atoms with Crippen LogP contribution in [0, 0.1) is 13.8 Å². The van der Waals surface area contributed by atoms with Gasteiger partial charge in [0.15, 0.2) is 0 Å². The first-order chi connectivity index (χ1) is 15.1. The maximum Gasteiger partial charge on any atom is 0.228 e. The summed E-state index contributed by atoms with van der Waals surface area (Å²) >= 11 is 0. The number of anilines is 1. The largest absolute Gasteiger partial charge is 0.489 e. The molecule has 156 valence electrons. The molecule has 0 spiro atoms. The van der Waals surface area contributed by atoms with Crippen molar-refractivity contribution in [2.45, 2.75) is 26.9 Å². The highest BCUT2D eigenvalue weighted by molar-refractivity contribution is 5.96. The minimum absolute atomic E-state index is 0.0622. The van der Waals surface area contributed by atoms with E-state index in [2.05, 4.69) is 10.5 Å². The third-order valence-electron chi connectivity index (χ3n) is 5.14. The van der Waals surface area contributed by atoms with E-state index in [-0.39, 0.29) is 12.3 Å². The number of nitrogens with one attached hydrogen (secondary N) is 1. The molecule has 4 rings (SSSR count). The van der Waals surface area contributed by atoms with Gasteiger partial charge in [-0.15, -0.1) is 0 Å². The number of para-hydroxylation sites is 1. The van der Waals surface area contributed by atoms with E-state index in [1.54, 1.807) is 0 Å². The monoisotopic (exact) mass is 412 g/mol. The predicted molar refractivity (Wildman–Crippen MR) is 121 cm³/mol. The summed E-state index contributed by atoms with van der Waals surface area (Å²) in [6.45, 7) is 4.17. The first-order valence-corrected chi connectivity index (χ1v) is 10.2. The van der Waals surface area contributed by atoms with Crippen LogP contribution in [0.2, 0.25) is 0 Å². The molecule has 5 heteroatoms. The zero-order valence-electron chi connectivity index (χ0n) is 17.6. The SMILES string of the molecule is Cc1noc(C)c1COc1ccc(CC(=O)Nc2ccccc2-c2ccccc2)cc1. The Bertz CT molecular complexity index is 1150. The van der Waals surface area contributed by atoms with E-state index in [1.807, 2.05) is 92.7 Å². The number of benzene rings is 3. The van der Waals surface area contributed by atoms with Crippen LogP contribution in [0.15, 0.2) is 83.4 Å². The average Bonchev–Trinajstić information content (AvgIpc) is 3.11. The number of aromatic nitrogens is 1. The van der Waals surface area contributed by atoms with Gasteiger partial charge in [-0.05, 0) is 43.2 Å². The molecule has 0 bridgehead atoms. The molecule has 0 atom stereocenters. The lowest BCUT2D eigenvalue weighted by atomic mass is 10.0. The Morgan fingerprint density at radius 3 is 2.35 bits per heavy atom. The Balaban J connectivity index is 1.38. The first-order valence-electron chi connectivity index (χ1n) is 10.2. The molecule has 5 nitrogen and oxygen atoms in total. The molecule has 1 amide bonds. The van der Waals surface area contributed by atoms with Gasteiger partial charge in [0, 0.05) is 11.3 Å². The molecule has 1 heterocycles. The normalized spacial score (nSPS) is 10.6. The van der Waals surface area contributed by atoms with Crippen molar-refractivity contribution in [2.24, 2.45) is 0 Å². The van der Waals surface area contributed by atoms with Gasteiger partial charge in [-0.1, -0.05) is 65.8 Å². The van der Waals surface area contributed by atoms with Crippen LogP contribution in [-0.2, 0) is 17.8 Å². The van der Waals surface area contributed by atoms with Crippen molar-refractivity contribution in [3.63, 3.8) is 0 Å². The fraction of sp³-hybridized carbons (Fsp3) is 0.154. The van der Waals surface area contributed by atoms with E-state index < -0.39 is 0 Å². The van der Waals surface area contributed by atoms with Crippen molar-refractivity contribution < 1.29 is 14.1 Å². The number of ether oxygens (including phenoxy) is 1. The van der Waals surface area contributed by atoms with Gasteiger partial charge >= 0.3 is 0 Å². The molecule has 0 unspecified atom stereocenters. The number of hydrogen-bond donors (Lipinski definition) is 1. The highest BCUT2D eigenvalue weighted by Crippen LogP contribution is 2.27. The van der Waals surface area contributed by atoms with Crippen molar-refractivity contribution in [1.82, 2.24) is 5.16 Å². The fourth-order valence-electron chi connectivity index (χ4n) is 3.41. The van der Waals surface area contributed by atoms with Gasteiger partial charge in [0.1, 0.15) is 18.1 Å². The van der Waals surface area contributed by atoms with Crippen molar-refractivity contribution in [3.8, 4) is 16.9 Å². The molecule has 1 N–H and O–H groups in total. The van der Waals surface area contributed by atoms with Crippen LogP contribution < -0.4 is 10.1 Å². The lowest BCUT2D eigenvalue weighted by Crippen LogP contribution is -2.15. The minimum atomic E-state index is -0.0622. The van der Waals surface area contributed by atoms with Gasteiger partial charge in [0.05, 0.1) is 17.7 Å². The summed E-state index contributed by atoms with van der Waals surface area (Å²) in [4.78, 5) is 12.6. The molecule has 1 aromatic heterocycles. The van der Waals surface area contributed by atoms with Gasteiger partial charge in [-0.2, -0.15) is 0 Å². The lowest BCUT2D eigenvalue weighted by Gasteiger charge is -2.12. The topological polar surface area (TPSA) is 64.4 Å². The molecule has 4 aromatic rings. The quantitative estimate of drug-likeness (QED) is 0.422. The van der Waals surface area contributed by atoms with E-state index in [0.717, 1.165) is 45.1 Å². The standard InChI is InChI=1S/C26H24N2O3/c1-18-24(19(2)31-28-18)17-30-22-14-12-20(13-15-22)16-26(29)27-25-11-7-6-10-23(25)21-8-4-3-5-9-21/h3-15H,16-17H2,1-2H3,(H,27,29). The zero-order chi connectivity index (χ0) is 21.6. The molecule has 0 saturated carbocycles. The third-order valence-corrected chi connectivity index (χ3v) is 5.14.